The number of nitrogens with one attached hydrogen (secondary N) is 1. The second-order valence-corrected chi connectivity index (χ2v) is 8.28. The maximum atomic E-state index is 12.8. The number of nitrogens with zero attached hydrogens (tertiary/aromatic N) is 1. The number of hydrogen-bond acceptors (Lipinski definition) is 6. The van der Waals surface area contributed by atoms with Gasteiger partial charge in [-0.25, -0.2) is 4.79 Å². The molecule has 1 amide bonds. The number of methoxy groups -OCH3 is 1. The molecule has 1 atom stereocenters. The molecule has 0 fully saturated rings. The van der Waals surface area contributed by atoms with Crippen LogP contribution in [0.4, 0.5) is 5.00 Å². The van der Waals surface area contributed by atoms with Crippen molar-refractivity contribution in [1.29, 1.82) is 5.26 Å². The molecule has 1 aromatic heterocycles. The molecule has 0 radical (unpaired) electrons. The van der Waals surface area contributed by atoms with E-state index in [9.17, 15) is 14.9 Å². The predicted octanol–water partition coefficient (Wildman–Crippen LogP) is 4.60. The quantitative estimate of drug-likeness (QED) is 0.416. The van der Waals surface area contributed by atoms with Gasteiger partial charge in [0.25, 0.3) is 5.91 Å². The number of nitriles is 1. The normalized spacial score (nSPS) is 15.7. The van der Waals surface area contributed by atoms with Crippen LogP contribution in [0, 0.1) is 17.2 Å². The molecule has 30 heavy (non-hydrogen) atoms. The third-order valence-electron chi connectivity index (χ3n) is 5.01. The van der Waals surface area contributed by atoms with E-state index >= 15 is 0 Å². The van der Waals surface area contributed by atoms with E-state index < -0.39 is 11.9 Å². The van der Waals surface area contributed by atoms with Crippen LogP contribution in [0.2, 0.25) is 0 Å². The number of hydrogen-bond donors (Lipinski definition) is 1. The number of esters is 1. The Kier molecular flexibility index (Phi) is 6.91. The minimum atomic E-state index is -0.550. The summed E-state index contributed by atoms with van der Waals surface area (Å²) in [4.78, 5) is 26.5. The first-order valence-electron chi connectivity index (χ1n) is 9.85. The molecule has 1 unspecified atom stereocenters. The Hall–Kier alpha value is -3.11. The zero-order chi connectivity index (χ0) is 21.7. The maximum Gasteiger partial charge on any atom is 0.341 e. The van der Waals surface area contributed by atoms with E-state index in [2.05, 4.69) is 12.2 Å². The Morgan fingerprint density at radius 1 is 1.33 bits per heavy atom. The predicted molar refractivity (Wildman–Crippen MR) is 117 cm³/mol. The molecular weight excluding hydrogens is 400 g/mol. The van der Waals surface area contributed by atoms with E-state index in [4.69, 9.17) is 9.47 Å². The smallest absolute Gasteiger partial charge is 0.341 e. The lowest BCUT2D eigenvalue weighted by atomic mass is 9.88. The number of thiophene rings is 1. The second kappa shape index (κ2) is 9.59. The van der Waals surface area contributed by atoms with Crippen LogP contribution in [-0.2, 0) is 22.4 Å². The number of fused-ring (bicyclic) bond motifs is 1. The molecule has 1 aliphatic rings. The minimum Gasteiger partial charge on any atom is -0.497 e. The van der Waals surface area contributed by atoms with Crippen molar-refractivity contribution in [2.75, 3.05) is 19.0 Å². The highest BCUT2D eigenvalue weighted by atomic mass is 32.1. The fourth-order valence-corrected chi connectivity index (χ4v) is 4.84. The molecule has 0 bridgehead atoms. The molecule has 1 aliphatic carbocycles. The Balaban J connectivity index is 1.90. The summed E-state index contributed by atoms with van der Waals surface area (Å²) in [5.74, 6) is 0.231. The summed E-state index contributed by atoms with van der Waals surface area (Å²) in [7, 11) is 1.57. The number of benzene rings is 1. The first-order valence-corrected chi connectivity index (χ1v) is 10.7. The molecule has 156 valence electrons. The van der Waals surface area contributed by atoms with Gasteiger partial charge in [-0.15, -0.1) is 11.3 Å². The third-order valence-corrected chi connectivity index (χ3v) is 6.18. The largest absolute Gasteiger partial charge is 0.497 e. The van der Waals surface area contributed by atoms with Crippen LogP contribution in [0.3, 0.4) is 0 Å². The van der Waals surface area contributed by atoms with Crippen LogP contribution < -0.4 is 10.1 Å². The van der Waals surface area contributed by atoms with Gasteiger partial charge in [-0.2, -0.15) is 5.26 Å². The van der Waals surface area contributed by atoms with Crippen molar-refractivity contribution >= 4 is 34.3 Å². The Morgan fingerprint density at radius 2 is 2.07 bits per heavy atom. The minimum absolute atomic E-state index is 0.0466. The highest BCUT2D eigenvalue weighted by molar-refractivity contribution is 7.17. The molecule has 1 heterocycles. The zero-order valence-corrected chi connectivity index (χ0v) is 18.1. The molecule has 1 N–H and O–H groups in total. The molecule has 3 rings (SSSR count). The van der Waals surface area contributed by atoms with Crippen molar-refractivity contribution in [3.8, 4) is 11.8 Å². The summed E-state index contributed by atoms with van der Waals surface area (Å²) in [5, 5.41) is 12.7. The van der Waals surface area contributed by atoms with Crippen molar-refractivity contribution in [3.05, 3.63) is 51.4 Å². The Labute approximate surface area is 180 Å². The van der Waals surface area contributed by atoms with Crippen molar-refractivity contribution in [1.82, 2.24) is 0 Å². The van der Waals surface area contributed by atoms with Crippen LogP contribution in [0.15, 0.2) is 29.8 Å². The molecular formula is C23H24N2O4S. The van der Waals surface area contributed by atoms with Gasteiger partial charge in [0.2, 0.25) is 0 Å². The molecule has 6 nitrogen and oxygen atoms in total. The molecule has 7 heteroatoms. The van der Waals surface area contributed by atoms with E-state index in [0.29, 0.717) is 27.8 Å². The average Bonchev–Trinajstić information content (AvgIpc) is 3.09. The van der Waals surface area contributed by atoms with Crippen LogP contribution in [0.1, 0.15) is 46.6 Å². The lowest BCUT2D eigenvalue weighted by Gasteiger charge is -2.18. The average molecular weight is 425 g/mol. The molecule has 0 spiro atoms. The van der Waals surface area contributed by atoms with Crippen LogP contribution >= 0.6 is 11.3 Å². The number of amides is 1. The first kappa shape index (κ1) is 21.6. The van der Waals surface area contributed by atoms with E-state index in [0.717, 1.165) is 29.7 Å². The Bertz CT molecular complexity index is 1020. The van der Waals surface area contributed by atoms with Gasteiger partial charge in [0.05, 0.1) is 19.3 Å². The van der Waals surface area contributed by atoms with E-state index in [1.54, 1.807) is 38.3 Å². The van der Waals surface area contributed by atoms with Crippen molar-refractivity contribution in [3.63, 3.8) is 0 Å². The number of rotatable bonds is 6. The van der Waals surface area contributed by atoms with Crippen molar-refractivity contribution in [2.45, 2.75) is 33.1 Å². The van der Waals surface area contributed by atoms with Gasteiger partial charge in [0, 0.05) is 4.88 Å². The summed E-state index contributed by atoms with van der Waals surface area (Å²) in [6, 6.07) is 8.99. The highest BCUT2D eigenvalue weighted by Crippen LogP contribution is 2.40. The van der Waals surface area contributed by atoms with Gasteiger partial charge >= 0.3 is 5.97 Å². The summed E-state index contributed by atoms with van der Waals surface area (Å²) in [5.41, 5.74) is 2.05. The molecule has 0 saturated heterocycles. The van der Waals surface area contributed by atoms with Crippen LogP contribution in [-0.4, -0.2) is 25.6 Å². The molecule has 0 saturated carbocycles. The van der Waals surface area contributed by atoms with Crippen molar-refractivity contribution in [2.24, 2.45) is 5.92 Å². The molecule has 2 aromatic rings. The monoisotopic (exact) mass is 424 g/mol. The van der Waals surface area contributed by atoms with E-state index in [-0.39, 0.29) is 12.2 Å². The fourth-order valence-electron chi connectivity index (χ4n) is 3.44. The van der Waals surface area contributed by atoms with Gasteiger partial charge in [-0.1, -0.05) is 19.1 Å². The zero-order valence-electron chi connectivity index (χ0n) is 17.3. The van der Waals surface area contributed by atoms with Gasteiger partial charge in [0.15, 0.2) is 0 Å². The van der Waals surface area contributed by atoms with Gasteiger partial charge in [0.1, 0.15) is 22.4 Å². The lowest BCUT2D eigenvalue weighted by Crippen LogP contribution is -2.17. The fraction of sp³-hybridized carbons (Fsp3) is 0.348. The van der Waals surface area contributed by atoms with E-state index in [1.165, 1.54) is 17.4 Å². The summed E-state index contributed by atoms with van der Waals surface area (Å²) >= 11 is 1.40. The van der Waals surface area contributed by atoms with Crippen LogP contribution in [0.25, 0.3) is 6.08 Å². The first-order chi connectivity index (χ1) is 14.5. The van der Waals surface area contributed by atoms with Crippen LogP contribution in [0.5, 0.6) is 5.75 Å². The summed E-state index contributed by atoms with van der Waals surface area (Å²) in [6.07, 6.45) is 4.15. The highest BCUT2D eigenvalue weighted by Gasteiger charge is 2.29. The Morgan fingerprint density at radius 3 is 2.70 bits per heavy atom. The van der Waals surface area contributed by atoms with Gasteiger partial charge in [-0.05, 0) is 61.4 Å². The lowest BCUT2D eigenvalue weighted by molar-refractivity contribution is -0.112. The van der Waals surface area contributed by atoms with Gasteiger partial charge < -0.3 is 14.8 Å². The molecule has 0 aliphatic heterocycles. The maximum absolute atomic E-state index is 12.8. The SMILES string of the molecule is CCOC(=O)c1c(NC(=O)/C(C#N)=C/c2ccc(OC)cc2)sc2c1CCC(C)C2. The summed E-state index contributed by atoms with van der Waals surface area (Å²) in [6.45, 7) is 4.19. The number of carbonyl (C=O) groups is 2. The number of anilines is 1. The molecule has 1 aromatic carbocycles. The third kappa shape index (κ3) is 4.71. The standard InChI is InChI=1S/C23H24N2O4S/c1-4-29-23(27)20-18-10-5-14(2)11-19(18)30-22(20)25-21(26)16(13-24)12-15-6-8-17(28-3)9-7-15/h6-9,12,14H,4-5,10-11H2,1-3H3,(H,25,26)/b16-12+. The number of ether oxygens (including phenoxy) is 2. The van der Waals surface area contributed by atoms with E-state index in [1.807, 2.05) is 6.07 Å². The number of carbonyl (C=O) groups excluding carboxylic acids is 2. The second-order valence-electron chi connectivity index (χ2n) is 7.17. The summed E-state index contributed by atoms with van der Waals surface area (Å²) < 4.78 is 10.4. The van der Waals surface area contributed by atoms with Gasteiger partial charge in [-0.3, -0.25) is 4.79 Å². The van der Waals surface area contributed by atoms with Crippen molar-refractivity contribution < 1.29 is 19.1 Å². The topological polar surface area (TPSA) is 88.4 Å².